The number of ether oxygens (including phenoxy) is 1. The molecule has 1 heterocycles. The Balaban J connectivity index is 2.17. The maximum absolute atomic E-state index is 13.2. The number of rotatable bonds is 3. The molecule has 0 spiro atoms. The van der Waals surface area contributed by atoms with Crippen LogP contribution in [0.4, 0.5) is 18.9 Å². The second-order valence-electron chi connectivity index (χ2n) is 6.60. The second-order valence-corrected chi connectivity index (χ2v) is 7.85. The first-order valence-electron chi connectivity index (χ1n) is 8.85. The number of hydrogen-bond acceptors (Lipinski definition) is 4. The highest BCUT2D eigenvalue weighted by molar-refractivity contribution is 9.10. The molecule has 0 saturated heterocycles. The topological polar surface area (TPSA) is 65.4 Å². The molecule has 5 nitrogen and oxygen atoms in total. The van der Waals surface area contributed by atoms with Gasteiger partial charge >= 0.3 is 12.1 Å². The first kappa shape index (κ1) is 22.8. The molecule has 0 saturated carbocycles. The van der Waals surface area contributed by atoms with Crippen molar-refractivity contribution in [1.82, 2.24) is 5.32 Å². The highest BCUT2D eigenvalue weighted by Gasteiger charge is 2.37. The number of nitriles is 1. The summed E-state index contributed by atoms with van der Waals surface area (Å²) in [7, 11) is 1.22. The van der Waals surface area contributed by atoms with E-state index in [2.05, 4.69) is 21.2 Å². The van der Waals surface area contributed by atoms with Crippen LogP contribution >= 0.6 is 28.1 Å². The summed E-state index contributed by atoms with van der Waals surface area (Å²) in [6.07, 6.45) is -4.53. The minimum absolute atomic E-state index is 0.116. The number of thiocarbonyl (C=S) groups is 1. The molecule has 10 heteroatoms. The Labute approximate surface area is 190 Å². The fourth-order valence-electron chi connectivity index (χ4n) is 3.31. The summed E-state index contributed by atoms with van der Waals surface area (Å²) in [6.45, 7) is 1.59. The monoisotopic (exact) mass is 509 g/mol. The van der Waals surface area contributed by atoms with Crippen LogP contribution in [-0.2, 0) is 15.7 Å². The highest BCUT2D eigenvalue weighted by atomic mass is 79.9. The number of nitrogens with one attached hydrogen (secondary N) is 1. The number of halogens is 4. The lowest BCUT2D eigenvalue weighted by atomic mass is 9.94. The van der Waals surface area contributed by atoms with Crippen LogP contribution < -0.4 is 10.2 Å². The van der Waals surface area contributed by atoms with Crippen molar-refractivity contribution in [3.05, 3.63) is 74.9 Å². The van der Waals surface area contributed by atoms with E-state index in [0.29, 0.717) is 21.3 Å². The van der Waals surface area contributed by atoms with Crippen molar-refractivity contribution in [2.24, 2.45) is 0 Å². The maximum atomic E-state index is 13.2. The molecule has 1 unspecified atom stereocenters. The number of carbonyl (C=O) groups excluding carboxylic acids is 1. The van der Waals surface area contributed by atoms with Gasteiger partial charge in [0.15, 0.2) is 5.11 Å². The van der Waals surface area contributed by atoms with E-state index < -0.39 is 23.8 Å². The normalized spacial score (nSPS) is 16.6. The Morgan fingerprint density at radius 1 is 1.29 bits per heavy atom. The fourth-order valence-corrected chi connectivity index (χ4v) is 4.28. The molecule has 1 N–H and O–H groups in total. The van der Waals surface area contributed by atoms with Gasteiger partial charge in [-0.3, -0.25) is 4.90 Å². The van der Waals surface area contributed by atoms with Crippen molar-refractivity contribution in [3.8, 4) is 6.07 Å². The second kappa shape index (κ2) is 8.69. The molecule has 2 aromatic carbocycles. The van der Waals surface area contributed by atoms with Crippen molar-refractivity contribution in [2.45, 2.75) is 19.1 Å². The Bertz CT molecular complexity index is 1140. The number of nitrogens with zero attached hydrogens (tertiary/aromatic N) is 2. The summed E-state index contributed by atoms with van der Waals surface area (Å²) in [5, 5.41) is 12.2. The molecule has 31 heavy (non-hydrogen) atoms. The van der Waals surface area contributed by atoms with Gasteiger partial charge in [-0.05, 0) is 55.0 Å². The minimum Gasteiger partial charge on any atom is -0.466 e. The van der Waals surface area contributed by atoms with Gasteiger partial charge in [0.05, 0.1) is 35.9 Å². The fraction of sp³-hybridized carbons (Fsp3) is 0.190. The number of methoxy groups -OCH3 is 1. The number of hydrogen-bond donors (Lipinski definition) is 1. The minimum atomic E-state index is -4.53. The third kappa shape index (κ3) is 4.43. The first-order chi connectivity index (χ1) is 14.6. The van der Waals surface area contributed by atoms with Gasteiger partial charge < -0.3 is 10.1 Å². The van der Waals surface area contributed by atoms with Gasteiger partial charge in [0, 0.05) is 15.9 Å². The molecule has 2 aromatic rings. The maximum Gasteiger partial charge on any atom is 0.416 e. The molecule has 0 bridgehead atoms. The standard InChI is InChI=1S/C21H15BrF3N3O2S/c1-11-17(19(29)30-2)18(15-7-6-12(10-26)8-16(15)22)27-20(31)28(11)14-5-3-4-13(9-14)21(23,24)25/h3-9,18H,1-2H3,(H,27,31). The molecule has 3 rings (SSSR count). The third-order valence-electron chi connectivity index (χ3n) is 4.76. The molecule has 1 atom stereocenters. The van der Waals surface area contributed by atoms with E-state index in [9.17, 15) is 18.0 Å². The zero-order chi connectivity index (χ0) is 22.9. The van der Waals surface area contributed by atoms with E-state index in [1.54, 1.807) is 25.1 Å². The zero-order valence-electron chi connectivity index (χ0n) is 16.2. The van der Waals surface area contributed by atoms with Gasteiger partial charge in [0.2, 0.25) is 0 Å². The molecule has 1 aliphatic heterocycles. The van der Waals surface area contributed by atoms with Crippen LogP contribution in [0.15, 0.2) is 58.2 Å². The largest absolute Gasteiger partial charge is 0.466 e. The Morgan fingerprint density at radius 2 is 2.00 bits per heavy atom. The van der Waals surface area contributed by atoms with Crippen molar-refractivity contribution in [3.63, 3.8) is 0 Å². The molecule has 160 valence electrons. The van der Waals surface area contributed by atoms with Gasteiger partial charge in [0.1, 0.15) is 0 Å². The molecule has 0 fully saturated rings. The Kier molecular flexibility index (Phi) is 6.38. The predicted octanol–water partition coefficient (Wildman–Crippen LogP) is 5.22. The highest BCUT2D eigenvalue weighted by Crippen LogP contribution is 2.38. The lowest BCUT2D eigenvalue weighted by Crippen LogP contribution is -2.48. The molecular weight excluding hydrogens is 495 g/mol. The molecule has 0 amide bonds. The molecule has 0 aromatic heterocycles. The van der Waals surface area contributed by atoms with Crippen molar-refractivity contribution >= 4 is 44.9 Å². The number of allylic oxidation sites excluding steroid dienone is 1. The molecule has 0 aliphatic carbocycles. The molecule has 0 radical (unpaired) electrons. The summed E-state index contributed by atoms with van der Waals surface area (Å²) < 4.78 is 45.1. The summed E-state index contributed by atoms with van der Waals surface area (Å²) in [5.74, 6) is -0.661. The number of alkyl halides is 3. The van der Waals surface area contributed by atoms with Gasteiger partial charge in [-0.25, -0.2) is 4.79 Å². The summed E-state index contributed by atoms with van der Waals surface area (Å²) in [6, 6.07) is 10.8. The SMILES string of the molecule is COC(=O)C1=C(C)N(c2cccc(C(F)(F)F)c2)C(=S)NC1c1ccc(C#N)cc1Br. The Morgan fingerprint density at radius 3 is 2.58 bits per heavy atom. The average molecular weight is 510 g/mol. The quantitative estimate of drug-likeness (QED) is 0.451. The van der Waals surface area contributed by atoms with Gasteiger partial charge in [-0.1, -0.05) is 28.1 Å². The van der Waals surface area contributed by atoms with Crippen LogP contribution in [0.5, 0.6) is 0 Å². The lowest BCUT2D eigenvalue weighted by molar-refractivity contribution is -0.138. The Hall–Kier alpha value is -2.90. The summed E-state index contributed by atoms with van der Waals surface area (Å²) in [5.41, 5.74) is 0.862. The predicted molar refractivity (Wildman–Crippen MR) is 116 cm³/mol. The number of benzene rings is 2. The van der Waals surface area contributed by atoms with Gasteiger partial charge in [-0.15, -0.1) is 0 Å². The zero-order valence-corrected chi connectivity index (χ0v) is 18.7. The van der Waals surface area contributed by atoms with E-state index in [-0.39, 0.29) is 16.4 Å². The number of carbonyl (C=O) groups is 1. The molecule has 1 aliphatic rings. The van der Waals surface area contributed by atoms with Crippen LogP contribution in [0.25, 0.3) is 0 Å². The lowest BCUT2D eigenvalue weighted by Gasteiger charge is -2.37. The van der Waals surface area contributed by atoms with Crippen LogP contribution in [0.2, 0.25) is 0 Å². The van der Waals surface area contributed by atoms with Gasteiger partial charge in [-0.2, -0.15) is 18.4 Å². The number of anilines is 1. The van der Waals surface area contributed by atoms with Crippen molar-refractivity contribution < 1.29 is 22.7 Å². The van der Waals surface area contributed by atoms with E-state index in [4.69, 9.17) is 22.2 Å². The summed E-state index contributed by atoms with van der Waals surface area (Å²) >= 11 is 8.85. The smallest absolute Gasteiger partial charge is 0.416 e. The average Bonchev–Trinajstić information content (AvgIpc) is 2.72. The first-order valence-corrected chi connectivity index (χ1v) is 10.0. The van der Waals surface area contributed by atoms with Gasteiger partial charge in [0.25, 0.3) is 0 Å². The van der Waals surface area contributed by atoms with E-state index >= 15 is 0 Å². The van der Waals surface area contributed by atoms with Crippen LogP contribution in [0.1, 0.15) is 29.7 Å². The van der Waals surface area contributed by atoms with E-state index in [0.717, 1.165) is 12.1 Å². The van der Waals surface area contributed by atoms with E-state index in [1.807, 2.05) is 6.07 Å². The van der Waals surface area contributed by atoms with Crippen LogP contribution in [-0.4, -0.2) is 18.2 Å². The van der Waals surface area contributed by atoms with E-state index in [1.165, 1.54) is 24.1 Å². The van der Waals surface area contributed by atoms with Crippen LogP contribution in [0, 0.1) is 11.3 Å². The summed E-state index contributed by atoms with van der Waals surface area (Å²) in [4.78, 5) is 14.0. The third-order valence-corrected chi connectivity index (χ3v) is 5.75. The van der Waals surface area contributed by atoms with Crippen LogP contribution in [0.3, 0.4) is 0 Å². The van der Waals surface area contributed by atoms with Crippen molar-refractivity contribution in [1.29, 1.82) is 5.26 Å². The number of esters is 1. The van der Waals surface area contributed by atoms with Crippen molar-refractivity contribution in [2.75, 3.05) is 12.0 Å². The molecular formula is C21H15BrF3N3O2S.